The van der Waals surface area contributed by atoms with Crippen molar-refractivity contribution in [2.24, 2.45) is 0 Å². The smallest absolute Gasteiger partial charge is 0.0443 e. The summed E-state index contributed by atoms with van der Waals surface area (Å²) in [5, 5.41) is 18.5. The Hall–Kier alpha value is -1.91. The number of aromatic nitrogens is 1. The summed E-state index contributed by atoms with van der Waals surface area (Å²) in [4.78, 5) is 4.29. The summed E-state index contributed by atoms with van der Waals surface area (Å²) < 4.78 is 0. The van der Waals surface area contributed by atoms with Gasteiger partial charge in [0.05, 0.1) is 0 Å². The summed E-state index contributed by atoms with van der Waals surface area (Å²) >= 11 is 0. The fourth-order valence-electron chi connectivity index (χ4n) is 3.58. The van der Waals surface area contributed by atoms with Gasteiger partial charge in [-0.15, -0.1) is 0 Å². The van der Waals surface area contributed by atoms with Crippen LogP contribution in [0.25, 0.3) is 16.8 Å². The molecule has 0 spiro atoms. The van der Waals surface area contributed by atoms with Crippen molar-refractivity contribution in [1.82, 2.24) is 10.3 Å². The van der Waals surface area contributed by atoms with Crippen molar-refractivity contribution in [2.45, 2.75) is 44.2 Å². The van der Waals surface area contributed by atoms with E-state index >= 15 is 0 Å². The molecule has 1 aliphatic rings. The minimum atomic E-state index is 0.269. The lowest BCUT2D eigenvalue weighted by Gasteiger charge is -2.31. The van der Waals surface area contributed by atoms with Crippen LogP contribution in [0.15, 0.2) is 37.2 Å². The molecule has 24 heavy (non-hydrogen) atoms. The predicted molar refractivity (Wildman–Crippen MR) is 101 cm³/mol. The van der Waals surface area contributed by atoms with Gasteiger partial charge in [-0.05, 0) is 44.7 Å². The number of aliphatic hydroxyl groups is 1. The van der Waals surface area contributed by atoms with Crippen molar-refractivity contribution in [3.05, 3.63) is 42.7 Å². The van der Waals surface area contributed by atoms with Crippen LogP contribution in [0.4, 0.5) is 5.69 Å². The van der Waals surface area contributed by atoms with E-state index in [1.807, 2.05) is 18.5 Å². The Morgan fingerprint density at radius 1 is 1.17 bits per heavy atom. The molecule has 0 bridgehead atoms. The van der Waals surface area contributed by atoms with Crippen molar-refractivity contribution >= 4 is 22.5 Å². The maximum absolute atomic E-state index is 8.87. The quantitative estimate of drug-likeness (QED) is 0.681. The molecule has 0 radical (unpaired) electrons. The van der Waals surface area contributed by atoms with Crippen LogP contribution >= 0.6 is 0 Å². The van der Waals surface area contributed by atoms with E-state index < -0.39 is 0 Å². The fraction of sp³-hybridized carbons (Fsp3) is 0.450. The van der Waals surface area contributed by atoms with E-state index in [0.717, 1.165) is 23.9 Å². The first-order valence-corrected chi connectivity index (χ1v) is 8.91. The molecule has 4 heteroatoms. The third kappa shape index (κ3) is 3.94. The molecule has 0 saturated heterocycles. The summed E-state index contributed by atoms with van der Waals surface area (Å²) in [6, 6.07) is 7.44. The average molecular weight is 325 g/mol. The van der Waals surface area contributed by atoms with Crippen molar-refractivity contribution in [3.8, 4) is 0 Å². The summed E-state index contributed by atoms with van der Waals surface area (Å²) in [5.74, 6) is 0. The van der Waals surface area contributed by atoms with Gasteiger partial charge in [-0.3, -0.25) is 4.98 Å². The lowest BCUT2D eigenvalue weighted by atomic mass is 9.90. The number of fused-ring (bicyclic) bond motifs is 1. The number of nitrogens with zero attached hydrogens (tertiary/aromatic N) is 1. The van der Waals surface area contributed by atoms with Gasteiger partial charge in [0.15, 0.2) is 0 Å². The highest BCUT2D eigenvalue weighted by atomic mass is 16.3. The predicted octanol–water partition coefficient (Wildman–Crippen LogP) is 3.57. The van der Waals surface area contributed by atoms with Crippen LogP contribution in [-0.4, -0.2) is 35.3 Å². The number of nitrogens with one attached hydrogen (secondary N) is 2. The fourth-order valence-corrected chi connectivity index (χ4v) is 3.58. The lowest BCUT2D eigenvalue weighted by molar-refractivity contribution is 0.276. The van der Waals surface area contributed by atoms with Crippen LogP contribution in [0.3, 0.4) is 0 Å². The molecule has 2 aromatic rings. The molecule has 1 fully saturated rings. The molecule has 128 valence electrons. The van der Waals surface area contributed by atoms with Crippen LogP contribution < -0.4 is 10.6 Å². The van der Waals surface area contributed by atoms with E-state index in [2.05, 4.69) is 40.4 Å². The lowest BCUT2D eigenvalue weighted by Crippen LogP contribution is -2.37. The SMILES string of the molecule is C=Cc1cncc2cccc(NC3CCC(NCCCO)CC3)c12. The number of benzene rings is 1. The van der Waals surface area contributed by atoms with E-state index in [1.165, 1.54) is 36.8 Å². The first-order chi connectivity index (χ1) is 11.8. The largest absolute Gasteiger partial charge is 0.396 e. The Bertz CT molecular complexity index is 672. The van der Waals surface area contributed by atoms with Crippen LogP contribution in [-0.2, 0) is 0 Å². The number of aliphatic hydroxyl groups excluding tert-OH is 1. The molecule has 0 aliphatic heterocycles. The van der Waals surface area contributed by atoms with Gasteiger partial charge in [-0.1, -0.05) is 24.8 Å². The number of hydrogen-bond acceptors (Lipinski definition) is 4. The van der Waals surface area contributed by atoms with E-state index in [0.29, 0.717) is 12.1 Å². The zero-order valence-electron chi connectivity index (χ0n) is 14.2. The summed E-state index contributed by atoms with van der Waals surface area (Å²) in [6.45, 7) is 5.10. The average Bonchev–Trinajstić information content (AvgIpc) is 2.63. The Balaban J connectivity index is 1.65. The molecule has 3 N–H and O–H groups in total. The molecule has 0 atom stereocenters. The van der Waals surface area contributed by atoms with Gasteiger partial charge in [0.2, 0.25) is 0 Å². The molecule has 1 aromatic carbocycles. The first-order valence-electron chi connectivity index (χ1n) is 8.91. The van der Waals surface area contributed by atoms with E-state index in [4.69, 9.17) is 5.11 Å². The molecule has 0 unspecified atom stereocenters. The minimum absolute atomic E-state index is 0.269. The summed E-state index contributed by atoms with van der Waals surface area (Å²) in [7, 11) is 0. The zero-order chi connectivity index (χ0) is 16.8. The molecule has 0 amide bonds. The molecule has 1 aliphatic carbocycles. The molecule has 4 nitrogen and oxygen atoms in total. The van der Waals surface area contributed by atoms with Crippen LogP contribution in [0.2, 0.25) is 0 Å². The Morgan fingerprint density at radius 2 is 1.96 bits per heavy atom. The van der Waals surface area contributed by atoms with Crippen molar-refractivity contribution in [3.63, 3.8) is 0 Å². The van der Waals surface area contributed by atoms with Gasteiger partial charge in [-0.2, -0.15) is 0 Å². The molecule has 1 aromatic heterocycles. The molecular formula is C20H27N3O. The Labute approximate surface area is 144 Å². The van der Waals surface area contributed by atoms with E-state index in [-0.39, 0.29) is 6.61 Å². The highest BCUT2D eigenvalue weighted by Crippen LogP contribution is 2.30. The summed E-state index contributed by atoms with van der Waals surface area (Å²) in [6.07, 6.45) is 11.2. The van der Waals surface area contributed by atoms with Gasteiger partial charge in [0.25, 0.3) is 0 Å². The van der Waals surface area contributed by atoms with Gasteiger partial charge in [0.1, 0.15) is 0 Å². The minimum Gasteiger partial charge on any atom is -0.396 e. The first kappa shape index (κ1) is 16.9. The topological polar surface area (TPSA) is 57.2 Å². The highest BCUT2D eigenvalue weighted by molar-refractivity contribution is 5.99. The van der Waals surface area contributed by atoms with E-state index in [1.54, 1.807) is 0 Å². The summed E-state index contributed by atoms with van der Waals surface area (Å²) in [5.41, 5.74) is 2.26. The number of rotatable bonds is 7. The monoisotopic (exact) mass is 325 g/mol. The van der Waals surface area contributed by atoms with Gasteiger partial charge < -0.3 is 15.7 Å². The standard InChI is InChI=1S/C20H27N3O/c1-2-15-13-21-14-16-5-3-6-19(20(15)16)23-18-9-7-17(8-10-18)22-11-4-12-24/h2-3,5-6,13-14,17-18,22-24H,1,4,7-12H2. The van der Waals surface area contributed by atoms with Crippen LogP contribution in [0.1, 0.15) is 37.7 Å². The zero-order valence-corrected chi connectivity index (χ0v) is 14.2. The number of pyridine rings is 1. The van der Waals surface area contributed by atoms with Gasteiger partial charge in [0, 0.05) is 53.1 Å². The van der Waals surface area contributed by atoms with Crippen molar-refractivity contribution in [2.75, 3.05) is 18.5 Å². The maximum Gasteiger partial charge on any atom is 0.0443 e. The van der Waals surface area contributed by atoms with Gasteiger partial charge in [-0.25, -0.2) is 0 Å². The maximum atomic E-state index is 8.87. The van der Waals surface area contributed by atoms with Crippen LogP contribution in [0.5, 0.6) is 0 Å². The second kappa shape index (κ2) is 8.27. The van der Waals surface area contributed by atoms with Crippen molar-refractivity contribution < 1.29 is 5.11 Å². The Kier molecular flexibility index (Phi) is 5.83. The van der Waals surface area contributed by atoms with Crippen molar-refractivity contribution in [1.29, 1.82) is 0 Å². The molecule has 1 saturated carbocycles. The van der Waals surface area contributed by atoms with E-state index in [9.17, 15) is 0 Å². The second-order valence-electron chi connectivity index (χ2n) is 6.56. The highest BCUT2D eigenvalue weighted by Gasteiger charge is 2.21. The molecule has 1 heterocycles. The molecule has 3 rings (SSSR count). The van der Waals surface area contributed by atoms with Gasteiger partial charge >= 0.3 is 0 Å². The normalized spacial score (nSPS) is 20.9. The third-order valence-electron chi connectivity index (χ3n) is 4.89. The molecular weight excluding hydrogens is 298 g/mol. The number of hydrogen-bond donors (Lipinski definition) is 3. The third-order valence-corrected chi connectivity index (χ3v) is 4.89. The second-order valence-corrected chi connectivity index (χ2v) is 6.56. The number of anilines is 1. The van der Waals surface area contributed by atoms with Crippen LogP contribution in [0, 0.1) is 0 Å². The Morgan fingerprint density at radius 3 is 2.71 bits per heavy atom.